The average Bonchev–Trinajstić information content (AvgIpc) is 2.45. The quantitative estimate of drug-likeness (QED) is 0.586. The van der Waals surface area contributed by atoms with E-state index in [0.29, 0.717) is 12.2 Å². The van der Waals surface area contributed by atoms with Gasteiger partial charge in [-0.15, -0.1) is 0 Å². The molecule has 0 radical (unpaired) electrons. The Morgan fingerprint density at radius 3 is 2.35 bits per heavy atom. The third-order valence-electron chi connectivity index (χ3n) is 2.84. The van der Waals surface area contributed by atoms with Crippen LogP contribution in [0.1, 0.15) is 39.2 Å². The Morgan fingerprint density at radius 2 is 1.78 bits per heavy atom. The van der Waals surface area contributed by atoms with Crippen molar-refractivity contribution in [1.29, 1.82) is 0 Å². The summed E-state index contributed by atoms with van der Waals surface area (Å²) in [5.41, 5.74) is 0.806. The first kappa shape index (κ1) is 18.7. The molecule has 0 unspecified atom stereocenters. The lowest BCUT2D eigenvalue weighted by Crippen LogP contribution is -2.27. The van der Waals surface area contributed by atoms with E-state index in [1.54, 1.807) is 24.3 Å². The summed E-state index contributed by atoms with van der Waals surface area (Å²) in [7, 11) is 0. The average molecular weight is 321 g/mol. The van der Waals surface area contributed by atoms with Crippen LogP contribution in [-0.4, -0.2) is 24.4 Å². The second kappa shape index (κ2) is 9.61. The summed E-state index contributed by atoms with van der Waals surface area (Å²) in [5.74, 6) is -0.132. The summed E-state index contributed by atoms with van der Waals surface area (Å²) in [6.07, 6.45) is 0.553. The van der Waals surface area contributed by atoms with Gasteiger partial charge in [0.25, 0.3) is 0 Å². The van der Waals surface area contributed by atoms with Crippen molar-refractivity contribution in [1.82, 2.24) is 5.32 Å². The number of esters is 2. The second-order valence-electron chi connectivity index (χ2n) is 5.60. The normalized spacial score (nSPS) is 10.3. The molecule has 0 saturated heterocycles. The van der Waals surface area contributed by atoms with Crippen molar-refractivity contribution in [3.05, 3.63) is 29.8 Å². The smallest absolute Gasteiger partial charge is 0.312 e. The van der Waals surface area contributed by atoms with Crippen molar-refractivity contribution in [2.45, 2.75) is 40.2 Å². The number of ether oxygens (including phenoxy) is 2. The van der Waals surface area contributed by atoms with Gasteiger partial charge in [-0.1, -0.05) is 26.0 Å². The zero-order valence-electron chi connectivity index (χ0n) is 13.8. The lowest BCUT2D eigenvalue weighted by molar-refractivity contribution is -0.142. The van der Waals surface area contributed by atoms with E-state index < -0.39 is 5.97 Å². The molecule has 1 rings (SSSR count). The molecular weight excluding hydrogens is 298 g/mol. The predicted molar refractivity (Wildman–Crippen MR) is 84.6 cm³/mol. The Morgan fingerprint density at radius 1 is 1.13 bits per heavy atom. The monoisotopic (exact) mass is 321 g/mol. The molecule has 0 bridgehead atoms. The number of hydrogen-bond donors (Lipinski definition) is 1. The lowest BCUT2D eigenvalue weighted by Gasteiger charge is -2.08. The third kappa shape index (κ3) is 8.60. The minimum Gasteiger partial charge on any atom is -0.461 e. The molecule has 0 heterocycles. The van der Waals surface area contributed by atoms with Gasteiger partial charge in [0.1, 0.15) is 12.4 Å². The highest BCUT2D eigenvalue weighted by Gasteiger charge is 2.08. The Kier molecular flexibility index (Phi) is 7.80. The molecule has 6 nitrogen and oxygen atoms in total. The number of hydrogen-bond acceptors (Lipinski definition) is 5. The van der Waals surface area contributed by atoms with E-state index >= 15 is 0 Å². The van der Waals surface area contributed by atoms with E-state index in [2.05, 4.69) is 5.32 Å². The van der Waals surface area contributed by atoms with Gasteiger partial charge in [0.05, 0.1) is 6.42 Å². The highest BCUT2D eigenvalue weighted by Crippen LogP contribution is 2.13. The van der Waals surface area contributed by atoms with Crippen LogP contribution in [0.4, 0.5) is 0 Å². The number of amides is 1. The Bertz CT molecular complexity index is 536. The van der Waals surface area contributed by atoms with Crippen LogP contribution in [0.25, 0.3) is 0 Å². The fourth-order valence-electron chi connectivity index (χ4n) is 1.77. The standard InChI is InChI=1S/C17H23NO5/c1-12(2)10-16(20)18-9-8-17(21)23-15-6-4-14(5-7-15)11-22-13(3)19/h4-7,12H,8-11H2,1-3H3,(H,18,20). The van der Waals surface area contributed by atoms with Crippen LogP contribution in [0.15, 0.2) is 24.3 Å². The zero-order chi connectivity index (χ0) is 17.2. The van der Waals surface area contributed by atoms with Crippen LogP contribution in [0.5, 0.6) is 5.75 Å². The molecular formula is C17H23NO5. The molecule has 0 saturated carbocycles. The summed E-state index contributed by atoms with van der Waals surface area (Å²) >= 11 is 0. The van der Waals surface area contributed by atoms with E-state index in [0.717, 1.165) is 5.56 Å². The Labute approximate surface area is 136 Å². The van der Waals surface area contributed by atoms with Gasteiger partial charge in [-0.2, -0.15) is 0 Å². The van der Waals surface area contributed by atoms with E-state index in [1.807, 2.05) is 13.8 Å². The first-order chi connectivity index (χ1) is 10.9. The maximum atomic E-state index is 11.7. The molecule has 126 valence electrons. The van der Waals surface area contributed by atoms with Crippen molar-refractivity contribution >= 4 is 17.8 Å². The van der Waals surface area contributed by atoms with Gasteiger partial charge in [-0.05, 0) is 23.6 Å². The molecule has 6 heteroatoms. The molecule has 0 aliphatic rings. The fourth-order valence-corrected chi connectivity index (χ4v) is 1.77. The van der Waals surface area contributed by atoms with Crippen molar-refractivity contribution in [2.75, 3.05) is 6.54 Å². The molecule has 0 aromatic heterocycles. The molecule has 0 atom stereocenters. The first-order valence-corrected chi connectivity index (χ1v) is 7.56. The Balaban J connectivity index is 2.31. The summed E-state index contributed by atoms with van der Waals surface area (Å²) in [4.78, 5) is 33.8. The molecule has 23 heavy (non-hydrogen) atoms. The van der Waals surface area contributed by atoms with Crippen LogP contribution in [0.3, 0.4) is 0 Å². The number of rotatable bonds is 8. The molecule has 0 fully saturated rings. The largest absolute Gasteiger partial charge is 0.461 e. The van der Waals surface area contributed by atoms with Gasteiger partial charge in [-0.25, -0.2) is 0 Å². The number of carbonyl (C=O) groups excluding carboxylic acids is 3. The van der Waals surface area contributed by atoms with E-state index in [-0.39, 0.29) is 37.4 Å². The van der Waals surface area contributed by atoms with Gasteiger partial charge < -0.3 is 14.8 Å². The molecule has 1 aromatic rings. The second-order valence-corrected chi connectivity index (χ2v) is 5.60. The third-order valence-corrected chi connectivity index (χ3v) is 2.84. The van der Waals surface area contributed by atoms with Gasteiger partial charge in [0, 0.05) is 19.9 Å². The number of carbonyl (C=O) groups is 3. The summed E-state index contributed by atoms with van der Waals surface area (Å²) < 4.78 is 10.0. The van der Waals surface area contributed by atoms with Gasteiger partial charge >= 0.3 is 11.9 Å². The van der Waals surface area contributed by atoms with Crippen LogP contribution < -0.4 is 10.1 Å². The maximum absolute atomic E-state index is 11.7. The maximum Gasteiger partial charge on any atom is 0.312 e. The zero-order valence-corrected chi connectivity index (χ0v) is 13.8. The van der Waals surface area contributed by atoms with Crippen molar-refractivity contribution in [3.8, 4) is 5.75 Å². The van der Waals surface area contributed by atoms with Gasteiger partial charge in [-0.3, -0.25) is 14.4 Å². The van der Waals surface area contributed by atoms with Gasteiger partial charge in [0.2, 0.25) is 5.91 Å². The van der Waals surface area contributed by atoms with E-state index in [9.17, 15) is 14.4 Å². The van der Waals surface area contributed by atoms with Crippen LogP contribution in [0, 0.1) is 5.92 Å². The SMILES string of the molecule is CC(=O)OCc1ccc(OC(=O)CCNC(=O)CC(C)C)cc1. The molecule has 0 spiro atoms. The highest BCUT2D eigenvalue weighted by atomic mass is 16.5. The summed E-state index contributed by atoms with van der Waals surface area (Å²) in [6.45, 7) is 5.70. The summed E-state index contributed by atoms with van der Waals surface area (Å²) in [6, 6.07) is 6.70. The molecule has 0 aliphatic heterocycles. The van der Waals surface area contributed by atoms with Gasteiger partial charge in [0.15, 0.2) is 0 Å². The molecule has 0 aliphatic carbocycles. The van der Waals surface area contributed by atoms with Crippen molar-refractivity contribution < 1.29 is 23.9 Å². The van der Waals surface area contributed by atoms with E-state index in [1.165, 1.54) is 6.92 Å². The molecule has 1 N–H and O–H groups in total. The van der Waals surface area contributed by atoms with Crippen molar-refractivity contribution in [2.24, 2.45) is 5.92 Å². The number of nitrogens with one attached hydrogen (secondary N) is 1. The minimum absolute atomic E-state index is 0.0670. The van der Waals surface area contributed by atoms with Crippen LogP contribution in [0.2, 0.25) is 0 Å². The lowest BCUT2D eigenvalue weighted by atomic mass is 10.1. The topological polar surface area (TPSA) is 81.7 Å². The fraction of sp³-hybridized carbons (Fsp3) is 0.471. The Hall–Kier alpha value is -2.37. The first-order valence-electron chi connectivity index (χ1n) is 7.56. The van der Waals surface area contributed by atoms with Crippen LogP contribution >= 0.6 is 0 Å². The van der Waals surface area contributed by atoms with Crippen LogP contribution in [-0.2, 0) is 25.7 Å². The minimum atomic E-state index is -0.414. The highest BCUT2D eigenvalue weighted by molar-refractivity contribution is 5.77. The molecule has 1 aromatic carbocycles. The molecule has 1 amide bonds. The summed E-state index contributed by atoms with van der Waals surface area (Å²) in [5, 5.41) is 2.68. The van der Waals surface area contributed by atoms with Crippen molar-refractivity contribution in [3.63, 3.8) is 0 Å². The predicted octanol–water partition coefficient (Wildman–Crippen LogP) is 2.21. The number of benzene rings is 1. The van der Waals surface area contributed by atoms with E-state index in [4.69, 9.17) is 9.47 Å².